The zero-order chi connectivity index (χ0) is 28.1. The van der Waals surface area contributed by atoms with Crippen LogP contribution in [-0.2, 0) is 9.59 Å². The number of benzene rings is 2. The Bertz CT molecular complexity index is 1390. The maximum absolute atomic E-state index is 12.7. The second kappa shape index (κ2) is 12.2. The van der Waals surface area contributed by atoms with Crippen LogP contribution in [-0.4, -0.2) is 71.6 Å². The van der Waals surface area contributed by atoms with Crippen LogP contribution in [0.25, 0.3) is 0 Å². The minimum atomic E-state index is -0.651. The molecule has 2 heterocycles. The van der Waals surface area contributed by atoms with Crippen molar-refractivity contribution in [1.82, 2.24) is 19.8 Å². The van der Waals surface area contributed by atoms with Gasteiger partial charge in [0.05, 0.1) is 17.4 Å². The third-order valence-electron chi connectivity index (χ3n) is 6.55. The fraction of sp³-hybridized carbons (Fsp3) is 0.321. The first kappa shape index (κ1) is 28.0. The van der Waals surface area contributed by atoms with Gasteiger partial charge in [0.15, 0.2) is 5.82 Å². The number of piperidine rings is 1. The molecule has 10 nitrogen and oxygen atoms in total. The molecule has 0 saturated carbocycles. The molecule has 1 aliphatic heterocycles. The van der Waals surface area contributed by atoms with Crippen molar-refractivity contribution in [1.29, 1.82) is 0 Å². The molecule has 1 aromatic heterocycles. The van der Waals surface area contributed by atoms with Crippen LogP contribution >= 0.6 is 11.6 Å². The molecule has 1 aliphatic rings. The number of aromatic nitrogens is 2. The average Bonchev–Trinajstić information content (AvgIpc) is 2.90. The van der Waals surface area contributed by atoms with Gasteiger partial charge in [0.2, 0.25) is 11.9 Å². The van der Waals surface area contributed by atoms with Gasteiger partial charge in [-0.15, -0.1) is 0 Å². The van der Waals surface area contributed by atoms with Gasteiger partial charge < -0.3 is 25.8 Å². The van der Waals surface area contributed by atoms with Gasteiger partial charge in [-0.25, -0.2) is 4.98 Å². The van der Waals surface area contributed by atoms with E-state index in [1.165, 1.54) is 32.1 Å². The SMILES string of the molecule is CC(=O)Nc1cc(Nc2ncc(Cl)c(Nc3ccccc3C(=O)C(=O)N(C)C)n2)ccc1C1CCN(C)CC1. The number of ketones is 1. The van der Waals surface area contributed by atoms with Crippen LogP contribution in [0.2, 0.25) is 5.02 Å². The van der Waals surface area contributed by atoms with E-state index in [0.717, 1.165) is 37.2 Å². The fourth-order valence-electron chi connectivity index (χ4n) is 4.49. The smallest absolute Gasteiger partial charge is 0.294 e. The molecule has 0 atom stereocenters. The van der Waals surface area contributed by atoms with E-state index in [-0.39, 0.29) is 28.3 Å². The lowest BCUT2D eigenvalue weighted by molar-refractivity contribution is -0.124. The number of carbonyl (C=O) groups is 3. The second-order valence-corrected chi connectivity index (χ2v) is 10.2. The standard InChI is InChI=1S/C28H32ClN7O3/c1-17(37)31-24-15-19(9-10-20(24)18-11-13-36(4)14-12-18)32-28-30-16-22(29)26(34-28)33-23-8-6-5-7-21(23)25(38)27(39)35(2)3/h5-10,15-16,18H,11-14H2,1-4H3,(H,31,37)(H2,30,32,33,34). The maximum atomic E-state index is 12.7. The van der Waals surface area contributed by atoms with E-state index in [1.807, 2.05) is 18.2 Å². The molecular formula is C28H32ClN7O3. The molecule has 0 bridgehead atoms. The molecule has 1 fully saturated rings. The molecule has 204 valence electrons. The summed E-state index contributed by atoms with van der Waals surface area (Å²) in [6.07, 6.45) is 3.49. The number of likely N-dealkylation sites (tertiary alicyclic amines) is 1. The number of nitrogens with zero attached hydrogens (tertiary/aromatic N) is 4. The van der Waals surface area contributed by atoms with Crippen molar-refractivity contribution in [3.63, 3.8) is 0 Å². The fourth-order valence-corrected chi connectivity index (χ4v) is 4.63. The summed E-state index contributed by atoms with van der Waals surface area (Å²) in [6, 6.07) is 12.5. The van der Waals surface area contributed by atoms with Gasteiger partial charge >= 0.3 is 0 Å². The van der Waals surface area contributed by atoms with Crippen molar-refractivity contribution in [3.05, 3.63) is 64.8 Å². The summed E-state index contributed by atoms with van der Waals surface area (Å²) < 4.78 is 0. The van der Waals surface area contributed by atoms with Crippen LogP contribution in [0.3, 0.4) is 0 Å². The molecule has 2 aromatic carbocycles. The van der Waals surface area contributed by atoms with Gasteiger partial charge in [0, 0.05) is 32.4 Å². The summed E-state index contributed by atoms with van der Waals surface area (Å²) in [5, 5.41) is 9.43. The summed E-state index contributed by atoms with van der Waals surface area (Å²) in [5.41, 5.74) is 3.14. The second-order valence-electron chi connectivity index (χ2n) is 9.78. The normalized spacial score (nSPS) is 14.0. The molecule has 11 heteroatoms. The number of carbonyl (C=O) groups excluding carboxylic acids is 3. The van der Waals surface area contributed by atoms with Gasteiger partial charge in [-0.2, -0.15) is 4.98 Å². The molecule has 0 spiro atoms. The highest BCUT2D eigenvalue weighted by molar-refractivity contribution is 6.43. The number of nitrogens with one attached hydrogen (secondary N) is 3. The Balaban J connectivity index is 1.58. The highest BCUT2D eigenvalue weighted by atomic mass is 35.5. The van der Waals surface area contributed by atoms with Gasteiger partial charge in [-0.3, -0.25) is 14.4 Å². The minimum absolute atomic E-state index is 0.142. The molecule has 39 heavy (non-hydrogen) atoms. The molecule has 4 rings (SSSR count). The molecule has 3 aromatic rings. The Morgan fingerprint density at radius 2 is 1.74 bits per heavy atom. The first-order chi connectivity index (χ1) is 18.6. The summed E-state index contributed by atoms with van der Waals surface area (Å²) in [7, 11) is 5.16. The molecule has 0 aliphatic carbocycles. The van der Waals surface area contributed by atoms with E-state index in [9.17, 15) is 14.4 Å². The quantitative estimate of drug-likeness (QED) is 0.274. The largest absolute Gasteiger partial charge is 0.342 e. The van der Waals surface area contributed by atoms with Gasteiger partial charge in [0.1, 0.15) is 5.02 Å². The van der Waals surface area contributed by atoms with Crippen molar-refractivity contribution in [2.45, 2.75) is 25.7 Å². The van der Waals surface area contributed by atoms with Crippen molar-refractivity contribution < 1.29 is 14.4 Å². The lowest BCUT2D eigenvalue weighted by Gasteiger charge is -2.30. The van der Waals surface area contributed by atoms with Crippen molar-refractivity contribution in [2.24, 2.45) is 0 Å². The van der Waals surface area contributed by atoms with Crippen LogP contribution in [0, 0.1) is 0 Å². The minimum Gasteiger partial charge on any atom is -0.342 e. The monoisotopic (exact) mass is 549 g/mol. The number of halogens is 1. The molecule has 0 radical (unpaired) electrons. The molecule has 1 saturated heterocycles. The van der Waals surface area contributed by atoms with Crippen molar-refractivity contribution in [2.75, 3.05) is 50.2 Å². The number of Topliss-reactive ketones (excluding diaryl/α,β-unsaturated/α-hetero) is 1. The number of rotatable bonds is 8. The summed E-state index contributed by atoms with van der Waals surface area (Å²) >= 11 is 6.37. The number of hydrogen-bond acceptors (Lipinski definition) is 8. The molecular weight excluding hydrogens is 518 g/mol. The highest BCUT2D eigenvalue weighted by Gasteiger charge is 2.23. The lowest BCUT2D eigenvalue weighted by atomic mass is 9.88. The van der Waals surface area contributed by atoms with Crippen LogP contribution in [0.4, 0.5) is 28.8 Å². The number of para-hydroxylation sites is 1. The van der Waals surface area contributed by atoms with E-state index in [0.29, 0.717) is 17.3 Å². The number of anilines is 5. The van der Waals surface area contributed by atoms with E-state index in [4.69, 9.17) is 11.6 Å². The summed E-state index contributed by atoms with van der Waals surface area (Å²) in [5.74, 6) is -0.549. The van der Waals surface area contributed by atoms with Crippen LogP contribution in [0.5, 0.6) is 0 Å². The first-order valence-electron chi connectivity index (χ1n) is 12.6. The zero-order valence-electron chi connectivity index (χ0n) is 22.4. The van der Waals surface area contributed by atoms with Gasteiger partial charge in [-0.1, -0.05) is 29.8 Å². The Labute approximate surface area is 232 Å². The predicted octanol–water partition coefficient (Wildman–Crippen LogP) is 4.66. The number of amides is 2. The van der Waals surface area contributed by atoms with Crippen LogP contribution < -0.4 is 16.0 Å². The van der Waals surface area contributed by atoms with E-state index >= 15 is 0 Å². The molecule has 3 N–H and O–H groups in total. The van der Waals surface area contributed by atoms with Gasteiger partial charge in [-0.05, 0) is 68.7 Å². The van der Waals surface area contributed by atoms with Crippen molar-refractivity contribution in [3.8, 4) is 0 Å². The van der Waals surface area contributed by atoms with E-state index in [2.05, 4.69) is 37.9 Å². The number of likely N-dealkylation sites (N-methyl/N-ethyl adjacent to an activating group) is 1. The van der Waals surface area contributed by atoms with Crippen molar-refractivity contribution >= 4 is 58.0 Å². The van der Waals surface area contributed by atoms with E-state index < -0.39 is 11.7 Å². The summed E-state index contributed by atoms with van der Waals surface area (Å²) in [6.45, 7) is 3.51. The van der Waals surface area contributed by atoms with E-state index in [1.54, 1.807) is 24.3 Å². The molecule has 2 amide bonds. The highest BCUT2D eigenvalue weighted by Crippen LogP contribution is 2.35. The van der Waals surface area contributed by atoms with Crippen LogP contribution in [0.15, 0.2) is 48.7 Å². The topological polar surface area (TPSA) is 120 Å². The zero-order valence-corrected chi connectivity index (χ0v) is 23.2. The third-order valence-corrected chi connectivity index (χ3v) is 6.82. The number of hydrogen-bond donors (Lipinski definition) is 3. The Morgan fingerprint density at radius 1 is 1.03 bits per heavy atom. The first-order valence-corrected chi connectivity index (χ1v) is 13.0. The summed E-state index contributed by atoms with van der Waals surface area (Å²) in [4.78, 5) is 49.2. The maximum Gasteiger partial charge on any atom is 0.294 e. The predicted molar refractivity (Wildman–Crippen MR) is 153 cm³/mol. The molecule has 0 unspecified atom stereocenters. The van der Waals surface area contributed by atoms with Crippen LogP contribution in [0.1, 0.15) is 41.6 Å². The Kier molecular flexibility index (Phi) is 8.78. The van der Waals surface area contributed by atoms with Gasteiger partial charge in [0.25, 0.3) is 11.7 Å². The third kappa shape index (κ3) is 6.90. The lowest BCUT2D eigenvalue weighted by Crippen LogP contribution is -2.30. The Morgan fingerprint density at radius 3 is 2.44 bits per heavy atom. The Hall–Kier alpha value is -4.02. The average molecular weight is 550 g/mol.